The van der Waals surface area contributed by atoms with Gasteiger partial charge in [-0.3, -0.25) is 4.79 Å². The highest BCUT2D eigenvalue weighted by Crippen LogP contribution is 2.22. The summed E-state index contributed by atoms with van der Waals surface area (Å²) >= 11 is 0. The van der Waals surface area contributed by atoms with Crippen molar-refractivity contribution in [2.45, 2.75) is 228 Å². The molecule has 0 saturated carbocycles. The Kier molecular flexibility index (Phi) is 33.0. The SMILES string of the molecule is CCCCCCCCCCCCCCCCCCCCCC(=O)OC/C=C(\C)CCC[C@H](C)CCC[C@H](C)CCCC(C)C. The van der Waals surface area contributed by atoms with Gasteiger partial charge in [-0.05, 0) is 50.0 Å². The Bertz CT molecular complexity index is 621. The maximum atomic E-state index is 12.1. The van der Waals surface area contributed by atoms with Crippen molar-refractivity contribution < 1.29 is 9.53 Å². The van der Waals surface area contributed by atoms with Crippen LogP contribution in [0.25, 0.3) is 0 Å². The van der Waals surface area contributed by atoms with Gasteiger partial charge >= 0.3 is 5.97 Å². The molecule has 0 amide bonds. The molecule has 0 heterocycles. The second-order valence-electron chi connectivity index (χ2n) is 15.2. The topological polar surface area (TPSA) is 26.3 Å². The van der Waals surface area contributed by atoms with Crippen LogP contribution in [-0.2, 0) is 9.53 Å². The van der Waals surface area contributed by atoms with E-state index in [1.807, 2.05) is 0 Å². The first-order chi connectivity index (χ1) is 21.3. The third-order valence-corrected chi connectivity index (χ3v) is 9.80. The first-order valence-electron chi connectivity index (χ1n) is 20.2. The van der Waals surface area contributed by atoms with Crippen molar-refractivity contribution in [3.05, 3.63) is 11.6 Å². The smallest absolute Gasteiger partial charge is 0.306 e. The average Bonchev–Trinajstić information content (AvgIpc) is 2.98. The Morgan fingerprint density at radius 3 is 1.32 bits per heavy atom. The number of carbonyl (C=O) groups excluding carboxylic acids is 1. The molecule has 0 aliphatic rings. The molecule has 0 spiro atoms. The summed E-state index contributed by atoms with van der Waals surface area (Å²) in [6.07, 6.45) is 40.9. The molecule has 0 N–H and O–H groups in total. The van der Waals surface area contributed by atoms with Gasteiger partial charge in [0.2, 0.25) is 0 Å². The van der Waals surface area contributed by atoms with Crippen molar-refractivity contribution >= 4 is 5.97 Å². The lowest BCUT2D eigenvalue weighted by Gasteiger charge is -2.15. The van der Waals surface area contributed by atoms with Gasteiger partial charge in [0.15, 0.2) is 0 Å². The fourth-order valence-electron chi connectivity index (χ4n) is 6.51. The van der Waals surface area contributed by atoms with Crippen LogP contribution in [0.4, 0.5) is 0 Å². The second kappa shape index (κ2) is 33.6. The summed E-state index contributed by atoms with van der Waals surface area (Å²) in [7, 11) is 0. The minimum Gasteiger partial charge on any atom is -0.461 e. The highest BCUT2D eigenvalue weighted by atomic mass is 16.5. The first-order valence-corrected chi connectivity index (χ1v) is 20.2. The molecule has 0 aromatic rings. The molecular formula is C42H82O2. The zero-order valence-electron chi connectivity index (χ0n) is 31.3. The summed E-state index contributed by atoms with van der Waals surface area (Å²) in [5, 5.41) is 0. The van der Waals surface area contributed by atoms with Gasteiger partial charge in [0.05, 0.1) is 0 Å². The van der Waals surface area contributed by atoms with Gasteiger partial charge in [-0.1, -0.05) is 201 Å². The molecule has 0 aliphatic heterocycles. The standard InChI is InChI=1S/C42H82O2/c1-7-8-9-10-11-12-13-14-15-16-17-18-19-20-21-22-23-24-25-35-42(43)44-37-36-41(6)34-28-33-40(5)32-27-31-39(4)30-26-29-38(2)3/h36,38-40H,7-35,37H2,1-6H3/b41-36+/t39-,40-/m1/s1. The number of hydrogen-bond acceptors (Lipinski definition) is 2. The lowest BCUT2D eigenvalue weighted by Crippen LogP contribution is -2.04. The number of esters is 1. The lowest BCUT2D eigenvalue weighted by molar-refractivity contribution is -0.142. The first kappa shape index (κ1) is 43.2. The van der Waals surface area contributed by atoms with Gasteiger partial charge < -0.3 is 4.74 Å². The normalized spacial score (nSPS) is 13.5. The molecule has 0 aromatic heterocycles. The van der Waals surface area contributed by atoms with Gasteiger partial charge in [0.1, 0.15) is 6.61 Å². The highest BCUT2D eigenvalue weighted by molar-refractivity contribution is 5.69. The number of rotatable bonds is 34. The predicted molar refractivity (Wildman–Crippen MR) is 197 cm³/mol. The fourth-order valence-corrected chi connectivity index (χ4v) is 6.51. The monoisotopic (exact) mass is 619 g/mol. The number of ether oxygens (including phenoxy) is 1. The summed E-state index contributed by atoms with van der Waals surface area (Å²) in [5.41, 5.74) is 1.37. The molecule has 2 nitrogen and oxygen atoms in total. The zero-order valence-corrected chi connectivity index (χ0v) is 31.3. The third kappa shape index (κ3) is 34.1. The zero-order chi connectivity index (χ0) is 32.5. The molecule has 0 fully saturated rings. The molecular weight excluding hydrogens is 536 g/mol. The van der Waals surface area contributed by atoms with Crippen LogP contribution in [0.15, 0.2) is 11.6 Å². The second-order valence-corrected chi connectivity index (χ2v) is 15.2. The van der Waals surface area contributed by atoms with E-state index in [-0.39, 0.29) is 5.97 Å². The van der Waals surface area contributed by atoms with Gasteiger partial charge in [-0.15, -0.1) is 0 Å². The Hall–Kier alpha value is -0.790. The molecule has 2 atom stereocenters. The summed E-state index contributed by atoms with van der Waals surface area (Å²) in [6, 6.07) is 0. The van der Waals surface area contributed by atoms with Crippen LogP contribution in [0, 0.1) is 17.8 Å². The summed E-state index contributed by atoms with van der Waals surface area (Å²) < 4.78 is 5.48. The molecule has 262 valence electrons. The van der Waals surface area contributed by atoms with Crippen LogP contribution in [0.2, 0.25) is 0 Å². The maximum absolute atomic E-state index is 12.1. The van der Waals surface area contributed by atoms with Gasteiger partial charge in [-0.25, -0.2) is 0 Å². The molecule has 0 aliphatic carbocycles. The van der Waals surface area contributed by atoms with Crippen LogP contribution in [0.5, 0.6) is 0 Å². The highest BCUT2D eigenvalue weighted by Gasteiger charge is 2.07. The van der Waals surface area contributed by atoms with E-state index in [4.69, 9.17) is 4.74 Å². The van der Waals surface area contributed by atoms with Crippen molar-refractivity contribution in [2.75, 3.05) is 6.61 Å². The largest absolute Gasteiger partial charge is 0.461 e. The van der Waals surface area contributed by atoms with E-state index in [2.05, 4.69) is 47.6 Å². The Morgan fingerprint density at radius 2 is 0.886 bits per heavy atom. The van der Waals surface area contributed by atoms with Crippen molar-refractivity contribution in [3.8, 4) is 0 Å². The summed E-state index contributed by atoms with van der Waals surface area (Å²) in [5.74, 6) is 2.54. The van der Waals surface area contributed by atoms with E-state index in [0.29, 0.717) is 13.0 Å². The molecule has 0 aromatic carbocycles. The third-order valence-electron chi connectivity index (χ3n) is 9.80. The van der Waals surface area contributed by atoms with Crippen LogP contribution >= 0.6 is 0 Å². The van der Waals surface area contributed by atoms with Crippen LogP contribution in [-0.4, -0.2) is 12.6 Å². The molecule has 2 heteroatoms. The molecule has 0 saturated heterocycles. The minimum atomic E-state index is -0.0203. The number of carbonyl (C=O) groups is 1. The predicted octanol–water partition coefficient (Wildman–Crippen LogP) is 14.7. The average molecular weight is 619 g/mol. The lowest BCUT2D eigenvalue weighted by atomic mass is 9.91. The van der Waals surface area contributed by atoms with Crippen molar-refractivity contribution in [1.29, 1.82) is 0 Å². The summed E-state index contributed by atoms with van der Waals surface area (Å²) in [4.78, 5) is 12.1. The quantitative estimate of drug-likeness (QED) is 0.0407. The fraction of sp³-hybridized carbons (Fsp3) is 0.929. The van der Waals surface area contributed by atoms with E-state index in [0.717, 1.165) is 37.0 Å². The van der Waals surface area contributed by atoms with Crippen molar-refractivity contribution in [3.63, 3.8) is 0 Å². The molecule has 0 rings (SSSR count). The number of allylic oxidation sites excluding steroid dienone is 1. The van der Waals surface area contributed by atoms with Crippen LogP contribution in [0.3, 0.4) is 0 Å². The van der Waals surface area contributed by atoms with Gasteiger partial charge in [0, 0.05) is 6.42 Å². The van der Waals surface area contributed by atoms with E-state index >= 15 is 0 Å². The number of unbranched alkanes of at least 4 members (excludes halogenated alkanes) is 18. The molecule has 0 radical (unpaired) electrons. The van der Waals surface area contributed by atoms with Gasteiger partial charge in [0.25, 0.3) is 0 Å². The van der Waals surface area contributed by atoms with E-state index in [1.165, 1.54) is 166 Å². The van der Waals surface area contributed by atoms with Crippen molar-refractivity contribution in [1.82, 2.24) is 0 Å². The molecule has 44 heavy (non-hydrogen) atoms. The molecule has 0 unspecified atom stereocenters. The van der Waals surface area contributed by atoms with Crippen LogP contribution < -0.4 is 0 Å². The van der Waals surface area contributed by atoms with Gasteiger partial charge in [-0.2, -0.15) is 0 Å². The Labute approximate surface area is 278 Å². The number of hydrogen-bond donors (Lipinski definition) is 0. The van der Waals surface area contributed by atoms with Crippen LogP contribution in [0.1, 0.15) is 228 Å². The Balaban J connectivity index is 3.46. The van der Waals surface area contributed by atoms with Crippen molar-refractivity contribution in [2.24, 2.45) is 17.8 Å². The Morgan fingerprint density at radius 1 is 0.500 bits per heavy atom. The molecule has 0 bridgehead atoms. The van der Waals surface area contributed by atoms with E-state index in [9.17, 15) is 4.79 Å². The maximum Gasteiger partial charge on any atom is 0.306 e. The van der Waals surface area contributed by atoms with E-state index in [1.54, 1.807) is 0 Å². The minimum absolute atomic E-state index is 0.0203. The van der Waals surface area contributed by atoms with E-state index < -0.39 is 0 Å². The summed E-state index contributed by atoms with van der Waals surface area (Å²) in [6.45, 7) is 14.5.